The molecule has 2 fully saturated rings. The molecule has 1 heterocycles. The molecule has 148 valence electrons. The molecule has 0 atom stereocenters. The van der Waals surface area contributed by atoms with Crippen molar-refractivity contribution in [3.63, 3.8) is 0 Å². The molecule has 3 aliphatic rings. The monoisotopic (exact) mass is 408 g/mol. The molecule has 6 heteroatoms. The van der Waals surface area contributed by atoms with Gasteiger partial charge in [-0.15, -0.1) is 0 Å². The summed E-state index contributed by atoms with van der Waals surface area (Å²) in [6.45, 7) is 0. The van der Waals surface area contributed by atoms with Crippen LogP contribution in [0.4, 0.5) is 11.4 Å². The van der Waals surface area contributed by atoms with Crippen LogP contribution in [0.15, 0.2) is 42.5 Å². The first-order chi connectivity index (χ1) is 14.0. The van der Waals surface area contributed by atoms with Crippen LogP contribution in [0.2, 0.25) is 5.02 Å². The van der Waals surface area contributed by atoms with Crippen LogP contribution in [0, 0.1) is 17.8 Å². The second-order valence-electron chi connectivity index (χ2n) is 8.25. The van der Waals surface area contributed by atoms with E-state index in [2.05, 4.69) is 5.32 Å². The van der Waals surface area contributed by atoms with E-state index in [0.29, 0.717) is 46.7 Å². The molecule has 0 spiro atoms. The van der Waals surface area contributed by atoms with E-state index in [4.69, 9.17) is 11.6 Å². The topological polar surface area (TPSA) is 66.5 Å². The Morgan fingerprint density at radius 1 is 1.00 bits per heavy atom. The quantitative estimate of drug-likeness (QED) is 0.691. The van der Waals surface area contributed by atoms with Gasteiger partial charge in [-0.1, -0.05) is 23.7 Å². The van der Waals surface area contributed by atoms with Gasteiger partial charge in [0.1, 0.15) is 0 Å². The number of nitrogens with one attached hydrogen (secondary N) is 1. The zero-order valence-electron chi connectivity index (χ0n) is 15.9. The highest BCUT2D eigenvalue weighted by atomic mass is 35.5. The summed E-state index contributed by atoms with van der Waals surface area (Å²) >= 11 is 6.40. The Morgan fingerprint density at radius 3 is 2.10 bits per heavy atom. The second kappa shape index (κ2) is 6.99. The number of imide groups is 1. The maximum Gasteiger partial charge on any atom is 0.266 e. The van der Waals surface area contributed by atoms with E-state index in [9.17, 15) is 14.4 Å². The molecule has 1 N–H and O–H groups in total. The van der Waals surface area contributed by atoms with Gasteiger partial charge < -0.3 is 5.32 Å². The highest BCUT2D eigenvalue weighted by Gasteiger charge is 2.42. The lowest BCUT2D eigenvalue weighted by Crippen LogP contribution is -2.29. The summed E-state index contributed by atoms with van der Waals surface area (Å²) in [5.74, 6) is 1.16. The summed E-state index contributed by atoms with van der Waals surface area (Å²) in [6.07, 6.45) is 5.53. The Kier molecular flexibility index (Phi) is 4.43. The van der Waals surface area contributed by atoms with E-state index in [1.54, 1.807) is 42.5 Å². The van der Waals surface area contributed by atoms with Crippen molar-refractivity contribution in [2.24, 2.45) is 17.8 Å². The highest BCUT2D eigenvalue weighted by molar-refractivity contribution is 6.40. The summed E-state index contributed by atoms with van der Waals surface area (Å²) in [4.78, 5) is 38.9. The number of amides is 3. The van der Waals surface area contributed by atoms with E-state index < -0.39 is 0 Å². The number of hydrogen-bond donors (Lipinski definition) is 1. The van der Waals surface area contributed by atoms with Gasteiger partial charge in [-0.3, -0.25) is 14.4 Å². The molecule has 2 saturated carbocycles. The van der Waals surface area contributed by atoms with Crippen molar-refractivity contribution in [1.29, 1.82) is 0 Å². The van der Waals surface area contributed by atoms with Crippen LogP contribution in [-0.4, -0.2) is 17.7 Å². The molecule has 2 aromatic rings. The van der Waals surface area contributed by atoms with Crippen molar-refractivity contribution in [2.75, 3.05) is 10.2 Å². The second-order valence-corrected chi connectivity index (χ2v) is 8.66. The standard InChI is InChI=1S/C23H21ClN2O3/c24-19-11-15(25-21(27)12-18(13-5-6-13)14-7-8-14)9-10-20(19)26-22(28)16-3-1-2-4-17(16)23(26)29/h1-4,9-11,13-14,18H,5-8,12H2,(H,25,27). The van der Waals surface area contributed by atoms with Crippen LogP contribution in [0.3, 0.4) is 0 Å². The number of hydrogen-bond acceptors (Lipinski definition) is 3. The number of halogens is 1. The Bertz CT molecular complexity index is 980. The van der Waals surface area contributed by atoms with E-state index in [-0.39, 0.29) is 22.7 Å². The van der Waals surface area contributed by atoms with Crippen molar-refractivity contribution in [3.05, 3.63) is 58.6 Å². The Labute approximate surface area is 174 Å². The molecule has 3 amide bonds. The number of nitrogens with zero attached hydrogens (tertiary/aromatic N) is 1. The van der Waals surface area contributed by atoms with E-state index in [0.717, 1.165) is 4.90 Å². The largest absolute Gasteiger partial charge is 0.326 e. The molecular formula is C23H21ClN2O3. The maximum atomic E-state index is 12.7. The normalized spacial score (nSPS) is 18.3. The van der Waals surface area contributed by atoms with E-state index >= 15 is 0 Å². The SMILES string of the molecule is O=C(CC(C1CC1)C1CC1)Nc1ccc(N2C(=O)c3ccccc3C2=O)c(Cl)c1. The van der Waals surface area contributed by atoms with E-state index in [1.165, 1.54) is 25.7 Å². The summed E-state index contributed by atoms with van der Waals surface area (Å²) in [7, 11) is 0. The molecular weight excluding hydrogens is 388 g/mol. The molecule has 0 bridgehead atoms. The number of fused-ring (bicyclic) bond motifs is 1. The van der Waals surface area contributed by atoms with Crippen LogP contribution in [0.25, 0.3) is 0 Å². The van der Waals surface area contributed by atoms with Crippen LogP contribution in [0.1, 0.15) is 52.8 Å². The van der Waals surface area contributed by atoms with Crippen LogP contribution < -0.4 is 10.2 Å². The third-order valence-corrected chi connectivity index (χ3v) is 6.45. The first kappa shape index (κ1) is 18.4. The lowest BCUT2D eigenvalue weighted by Gasteiger charge is -2.18. The van der Waals surface area contributed by atoms with Crippen molar-refractivity contribution in [3.8, 4) is 0 Å². The van der Waals surface area contributed by atoms with Crippen molar-refractivity contribution in [1.82, 2.24) is 0 Å². The van der Waals surface area contributed by atoms with Crippen molar-refractivity contribution >= 4 is 40.7 Å². The average molecular weight is 409 g/mol. The van der Waals surface area contributed by atoms with E-state index in [1.807, 2.05) is 0 Å². The molecule has 0 saturated heterocycles. The number of anilines is 2. The van der Waals surface area contributed by atoms with Gasteiger partial charge in [-0.2, -0.15) is 0 Å². The minimum atomic E-state index is -0.388. The molecule has 1 aliphatic heterocycles. The molecule has 5 nitrogen and oxygen atoms in total. The predicted molar refractivity (Wildman–Crippen MR) is 111 cm³/mol. The smallest absolute Gasteiger partial charge is 0.266 e. The maximum absolute atomic E-state index is 12.7. The minimum Gasteiger partial charge on any atom is -0.326 e. The fraction of sp³-hybridized carbons (Fsp3) is 0.348. The average Bonchev–Trinajstić information content (AvgIpc) is 3.61. The Hall–Kier alpha value is -2.66. The van der Waals surface area contributed by atoms with Gasteiger partial charge in [0, 0.05) is 12.1 Å². The van der Waals surface area contributed by atoms with Gasteiger partial charge in [0.2, 0.25) is 5.91 Å². The molecule has 29 heavy (non-hydrogen) atoms. The Balaban J connectivity index is 1.31. The first-order valence-corrected chi connectivity index (χ1v) is 10.5. The predicted octanol–water partition coefficient (Wildman–Crippen LogP) is 4.91. The van der Waals surface area contributed by atoms with Crippen molar-refractivity contribution < 1.29 is 14.4 Å². The van der Waals surface area contributed by atoms with Crippen LogP contribution in [-0.2, 0) is 4.79 Å². The fourth-order valence-electron chi connectivity index (χ4n) is 4.37. The summed E-state index contributed by atoms with van der Waals surface area (Å²) < 4.78 is 0. The lowest BCUT2D eigenvalue weighted by atomic mass is 9.94. The zero-order chi connectivity index (χ0) is 20.1. The fourth-order valence-corrected chi connectivity index (χ4v) is 4.63. The number of benzene rings is 2. The number of rotatable bonds is 6. The van der Waals surface area contributed by atoms with Crippen molar-refractivity contribution in [2.45, 2.75) is 32.1 Å². The molecule has 0 radical (unpaired) electrons. The van der Waals surface area contributed by atoms with Gasteiger partial charge in [-0.25, -0.2) is 4.90 Å². The van der Waals surface area contributed by atoms with Gasteiger partial charge >= 0.3 is 0 Å². The molecule has 0 unspecified atom stereocenters. The van der Waals surface area contributed by atoms with Gasteiger partial charge in [0.15, 0.2) is 0 Å². The van der Waals surface area contributed by atoms with Crippen LogP contribution in [0.5, 0.6) is 0 Å². The molecule has 2 aromatic carbocycles. The summed E-state index contributed by atoms with van der Waals surface area (Å²) in [6, 6.07) is 11.6. The van der Waals surface area contributed by atoms with Gasteiger partial charge in [0.25, 0.3) is 11.8 Å². The van der Waals surface area contributed by atoms with Crippen LogP contribution >= 0.6 is 11.6 Å². The van der Waals surface area contributed by atoms with Gasteiger partial charge in [-0.05, 0) is 73.8 Å². The lowest BCUT2D eigenvalue weighted by molar-refractivity contribution is -0.117. The minimum absolute atomic E-state index is 0.00153. The molecule has 2 aliphatic carbocycles. The molecule has 5 rings (SSSR count). The third kappa shape index (κ3) is 3.44. The first-order valence-electron chi connectivity index (χ1n) is 10.1. The molecule has 0 aromatic heterocycles. The Morgan fingerprint density at radius 2 is 1.59 bits per heavy atom. The third-order valence-electron chi connectivity index (χ3n) is 6.14. The highest BCUT2D eigenvalue weighted by Crippen LogP contribution is 2.50. The van der Waals surface area contributed by atoms with Gasteiger partial charge in [0.05, 0.1) is 21.8 Å². The summed E-state index contributed by atoms with van der Waals surface area (Å²) in [5, 5.41) is 3.17. The number of carbonyl (C=O) groups is 3. The number of carbonyl (C=O) groups excluding carboxylic acids is 3. The summed E-state index contributed by atoms with van der Waals surface area (Å²) in [5.41, 5.74) is 1.64. The zero-order valence-corrected chi connectivity index (χ0v) is 16.6.